The van der Waals surface area contributed by atoms with E-state index < -0.39 is 0 Å². The number of benzene rings is 6. The second-order valence-electron chi connectivity index (χ2n) is 20.2. The summed E-state index contributed by atoms with van der Waals surface area (Å²) in [5.41, 5.74) is 7.66. The van der Waals surface area contributed by atoms with Crippen molar-refractivity contribution in [1.29, 1.82) is 0 Å². The van der Waals surface area contributed by atoms with Crippen molar-refractivity contribution in [3.63, 3.8) is 0 Å². The van der Waals surface area contributed by atoms with Gasteiger partial charge in [0.05, 0.1) is 20.6 Å². The minimum absolute atomic E-state index is 0.0530. The summed E-state index contributed by atoms with van der Waals surface area (Å²) in [6, 6.07) is 47.7. The summed E-state index contributed by atoms with van der Waals surface area (Å²) in [5.74, 6) is 1.69. The molecule has 0 heterocycles. The Hall–Kier alpha value is -5.98. The molecule has 0 saturated carbocycles. The third kappa shape index (κ3) is 23.6. The van der Waals surface area contributed by atoms with Gasteiger partial charge in [0.1, 0.15) is 36.3 Å². The predicted molar refractivity (Wildman–Crippen MR) is 326 cm³/mol. The first-order valence-electron chi connectivity index (χ1n) is 27.2. The van der Waals surface area contributed by atoms with Crippen LogP contribution in [0.25, 0.3) is 5.57 Å². The fraction of sp³-hybridized carbons (Fsp3) is 0.364. The molecule has 6 rings (SSSR count). The molecule has 6 aromatic rings. The maximum Gasteiger partial charge on any atom is 0.330 e. The van der Waals surface area contributed by atoms with Crippen molar-refractivity contribution in [2.45, 2.75) is 89.4 Å². The lowest BCUT2D eigenvalue weighted by atomic mass is 9.90. The van der Waals surface area contributed by atoms with Crippen LogP contribution in [0.3, 0.4) is 0 Å². The first kappa shape index (κ1) is 64.8. The van der Waals surface area contributed by atoms with Gasteiger partial charge in [-0.05, 0) is 178 Å². The van der Waals surface area contributed by atoms with Gasteiger partial charge in [-0.15, -0.1) is 0 Å². The van der Waals surface area contributed by atoms with Crippen molar-refractivity contribution >= 4 is 75.5 Å². The first-order chi connectivity index (χ1) is 38.5. The van der Waals surface area contributed by atoms with E-state index in [1.165, 1.54) is 42.5 Å². The Balaban J connectivity index is 0.000000294. The number of hydrogen-bond donors (Lipinski definition) is 0. The summed E-state index contributed by atoms with van der Waals surface area (Å²) in [6.07, 6.45) is 7.82. The van der Waals surface area contributed by atoms with Gasteiger partial charge in [-0.1, -0.05) is 126 Å². The fourth-order valence-electron chi connectivity index (χ4n) is 9.26. The molecular formula is C66H76Cl4N2O8. The topological polar surface area (TPSA) is 112 Å². The molecule has 80 heavy (non-hydrogen) atoms. The molecule has 1 atom stereocenters. The first-order valence-corrected chi connectivity index (χ1v) is 28.7. The Bertz CT molecular complexity index is 2750. The number of carbonyl (C=O) groups excluding carboxylic acids is 4. The van der Waals surface area contributed by atoms with Crippen molar-refractivity contribution in [2.75, 3.05) is 67.7 Å². The van der Waals surface area contributed by atoms with Gasteiger partial charge >= 0.3 is 11.9 Å². The fourth-order valence-corrected chi connectivity index (χ4v) is 9.76. The molecule has 0 aliphatic rings. The molecule has 6 aromatic carbocycles. The third-order valence-corrected chi connectivity index (χ3v) is 14.8. The van der Waals surface area contributed by atoms with E-state index in [-0.39, 0.29) is 41.3 Å². The largest absolute Gasteiger partial charge is 0.492 e. The third-order valence-electron chi connectivity index (χ3n) is 13.8. The average Bonchev–Trinajstić information content (AvgIpc) is 3.47. The van der Waals surface area contributed by atoms with E-state index in [4.69, 9.17) is 65.4 Å². The number of likely N-dealkylation sites (N-methyl/N-ethyl adjacent to an activating group) is 2. The van der Waals surface area contributed by atoms with Crippen molar-refractivity contribution in [3.05, 3.63) is 205 Å². The summed E-state index contributed by atoms with van der Waals surface area (Å²) in [6.45, 7) is 7.38. The molecule has 1 unspecified atom stereocenters. The van der Waals surface area contributed by atoms with Gasteiger partial charge in [0.2, 0.25) is 0 Å². The Morgan fingerprint density at radius 1 is 0.475 bits per heavy atom. The Labute approximate surface area is 494 Å². The molecule has 0 aliphatic carbocycles. The number of esters is 2. The summed E-state index contributed by atoms with van der Waals surface area (Å²) in [4.78, 5) is 50.9. The lowest BCUT2D eigenvalue weighted by Crippen LogP contribution is -2.29. The van der Waals surface area contributed by atoms with Crippen LogP contribution in [0.4, 0.5) is 0 Å². The molecule has 14 heteroatoms. The summed E-state index contributed by atoms with van der Waals surface area (Å²) >= 11 is 24.5. The van der Waals surface area contributed by atoms with E-state index in [1.807, 2.05) is 97.1 Å². The molecule has 10 nitrogen and oxygen atoms in total. The standard InChI is InChI=1S/C33H39Cl2NO4.C33H37Cl2NO4/c2*1-24(37)6-4-5-7-28(22-33(38)39-3)25-12-18-31(19-13-25)40-21-20-36(2)23-32(26-8-14-29(34)15-9-26)27-10-16-30(35)17-11-27/h8-19,28,32H,4-7,20-23H2,1-3H3;8-19,22,32H,4-7,20-21,23H2,1-3H3. The smallest absolute Gasteiger partial charge is 0.330 e. The molecule has 0 fully saturated rings. The minimum atomic E-state index is -0.388. The highest BCUT2D eigenvalue weighted by Crippen LogP contribution is 2.32. The van der Waals surface area contributed by atoms with Gasteiger partial charge in [0.25, 0.3) is 0 Å². The van der Waals surface area contributed by atoms with Crippen LogP contribution in [0.2, 0.25) is 20.1 Å². The maximum atomic E-state index is 12.0. The Morgan fingerprint density at radius 3 is 1.21 bits per heavy atom. The van der Waals surface area contributed by atoms with Crippen LogP contribution < -0.4 is 9.47 Å². The zero-order valence-electron chi connectivity index (χ0n) is 46.9. The number of unbranched alkanes of at least 4 members (excludes halogenated alkanes) is 2. The van der Waals surface area contributed by atoms with Crippen LogP contribution in [0.15, 0.2) is 152 Å². The van der Waals surface area contributed by atoms with Gasteiger partial charge < -0.3 is 38.3 Å². The number of methoxy groups -OCH3 is 2. The number of halogens is 4. The molecule has 0 saturated heterocycles. The van der Waals surface area contributed by atoms with Crippen molar-refractivity contribution in [1.82, 2.24) is 9.80 Å². The van der Waals surface area contributed by atoms with Crippen LogP contribution in [0.5, 0.6) is 11.5 Å². The second-order valence-corrected chi connectivity index (χ2v) is 21.9. The molecule has 0 spiro atoms. The van der Waals surface area contributed by atoms with Gasteiger partial charge in [-0.2, -0.15) is 0 Å². The van der Waals surface area contributed by atoms with Crippen LogP contribution in [-0.2, 0) is 28.7 Å². The van der Waals surface area contributed by atoms with Gasteiger partial charge in [-0.25, -0.2) is 4.79 Å². The molecular weight excluding hydrogens is 1090 g/mol. The lowest BCUT2D eigenvalue weighted by molar-refractivity contribution is -0.141. The molecule has 0 aromatic heterocycles. The Kier molecular flexibility index (Phi) is 28.4. The number of hydrogen-bond acceptors (Lipinski definition) is 10. The van der Waals surface area contributed by atoms with E-state index >= 15 is 0 Å². The van der Waals surface area contributed by atoms with Crippen LogP contribution in [-0.4, -0.2) is 101 Å². The van der Waals surface area contributed by atoms with Crippen molar-refractivity contribution < 1.29 is 38.1 Å². The van der Waals surface area contributed by atoms with Gasteiger partial charge in [0, 0.05) is 77.0 Å². The zero-order chi connectivity index (χ0) is 57.8. The molecule has 0 amide bonds. The van der Waals surface area contributed by atoms with E-state index in [2.05, 4.69) is 72.4 Å². The SMILES string of the molecule is COC(=O)C=C(CCCCC(C)=O)c1ccc(OCCN(C)CC(c2ccc(Cl)cc2)c2ccc(Cl)cc2)cc1.COC(=O)CC(CCCCC(C)=O)c1ccc(OCCN(C)CC(c2ccc(Cl)cc2)c2ccc(Cl)cc2)cc1. The summed E-state index contributed by atoms with van der Waals surface area (Å²) < 4.78 is 21.8. The number of carbonyl (C=O) groups is 4. The van der Waals surface area contributed by atoms with Gasteiger partial charge in [0.15, 0.2) is 0 Å². The Morgan fingerprint density at radius 2 is 0.838 bits per heavy atom. The highest BCUT2D eigenvalue weighted by Gasteiger charge is 2.20. The van der Waals surface area contributed by atoms with E-state index in [0.717, 1.165) is 96.5 Å². The van der Waals surface area contributed by atoms with Crippen LogP contribution in [0, 0.1) is 0 Å². The number of Topliss-reactive ketones (excluding diaryl/α,β-unsaturated/α-hetero) is 2. The van der Waals surface area contributed by atoms with Crippen LogP contribution >= 0.6 is 46.4 Å². The van der Waals surface area contributed by atoms with Crippen LogP contribution in [0.1, 0.15) is 123 Å². The summed E-state index contributed by atoms with van der Waals surface area (Å²) in [7, 11) is 6.96. The predicted octanol–water partition coefficient (Wildman–Crippen LogP) is 15.8. The van der Waals surface area contributed by atoms with Crippen molar-refractivity contribution in [2.24, 2.45) is 0 Å². The van der Waals surface area contributed by atoms with E-state index in [1.54, 1.807) is 13.8 Å². The number of nitrogens with zero attached hydrogens (tertiary/aromatic N) is 2. The molecule has 426 valence electrons. The number of allylic oxidation sites excluding steroid dienone is 1. The average molecular weight is 1170 g/mol. The highest BCUT2D eigenvalue weighted by atomic mass is 35.5. The highest BCUT2D eigenvalue weighted by molar-refractivity contribution is 6.31. The molecule has 0 radical (unpaired) electrons. The molecule has 0 N–H and O–H groups in total. The van der Waals surface area contributed by atoms with Crippen molar-refractivity contribution in [3.8, 4) is 11.5 Å². The quantitative estimate of drug-likeness (QED) is 0.0237. The maximum absolute atomic E-state index is 12.0. The number of ether oxygens (including phenoxy) is 4. The lowest BCUT2D eigenvalue weighted by Gasteiger charge is -2.25. The zero-order valence-corrected chi connectivity index (χ0v) is 50.0. The second kappa shape index (κ2) is 35.0. The molecule has 0 aliphatic heterocycles. The monoisotopic (exact) mass is 1160 g/mol. The van der Waals surface area contributed by atoms with E-state index in [9.17, 15) is 19.2 Å². The van der Waals surface area contributed by atoms with Gasteiger partial charge in [-0.3, -0.25) is 4.79 Å². The summed E-state index contributed by atoms with van der Waals surface area (Å²) in [5, 5.41) is 2.87. The minimum Gasteiger partial charge on any atom is -0.492 e. The number of rotatable bonds is 31. The normalized spacial score (nSPS) is 11.8. The number of ketones is 2. The molecule has 0 bridgehead atoms. The van der Waals surface area contributed by atoms with E-state index in [0.29, 0.717) is 48.9 Å².